The Labute approximate surface area is 123 Å². The van der Waals surface area contributed by atoms with Gasteiger partial charge in [0.05, 0.1) is 0 Å². The molecule has 0 aliphatic rings. The number of ether oxygens (including phenoxy) is 2. The van der Waals surface area contributed by atoms with Gasteiger partial charge in [-0.05, 0) is 12.1 Å². The normalized spacial score (nSPS) is 9.71. The summed E-state index contributed by atoms with van der Waals surface area (Å²) in [5.74, 6) is 0.342. The monoisotopic (exact) mass is 284 g/mol. The van der Waals surface area contributed by atoms with Crippen molar-refractivity contribution in [3.8, 4) is 12.0 Å². The number of hydrogen-bond acceptors (Lipinski definition) is 6. The van der Waals surface area contributed by atoms with Crippen molar-refractivity contribution in [3.63, 3.8) is 0 Å². The molecule has 2 rings (SSSR count). The Morgan fingerprint density at radius 2 is 1.48 bits per heavy atom. The minimum atomic E-state index is 0.169. The van der Waals surface area contributed by atoms with Gasteiger partial charge in [0.15, 0.2) is 0 Å². The van der Waals surface area contributed by atoms with Gasteiger partial charge in [0.25, 0.3) is 0 Å². The molecule has 6 nitrogen and oxygen atoms in total. The van der Waals surface area contributed by atoms with Crippen LogP contribution in [0, 0.1) is 0 Å². The highest BCUT2D eigenvalue weighted by Gasteiger charge is 2.08. The second-order valence-electron chi connectivity index (χ2n) is 3.91. The van der Waals surface area contributed by atoms with Crippen LogP contribution in [0.3, 0.4) is 0 Å². The smallest absolute Gasteiger partial charge is 0.324 e. The van der Waals surface area contributed by atoms with E-state index in [0.717, 1.165) is 5.69 Å². The lowest BCUT2D eigenvalue weighted by atomic mass is 10.3. The fourth-order valence-corrected chi connectivity index (χ4v) is 1.44. The number of para-hydroxylation sites is 1. The van der Waals surface area contributed by atoms with E-state index in [0.29, 0.717) is 19.2 Å². The van der Waals surface area contributed by atoms with Crippen LogP contribution in [0.5, 0.6) is 12.0 Å². The summed E-state index contributed by atoms with van der Waals surface area (Å²) >= 11 is 0. The van der Waals surface area contributed by atoms with Gasteiger partial charge in [0.1, 0.15) is 13.2 Å². The Morgan fingerprint density at radius 1 is 0.905 bits per heavy atom. The maximum Gasteiger partial charge on any atom is 0.324 e. The fourth-order valence-electron chi connectivity index (χ4n) is 1.44. The summed E-state index contributed by atoms with van der Waals surface area (Å²) in [5, 5.41) is 3.06. The molecule has 0 spiro atoms. The Hall–Kier alpha value is -2.89. The van der Waals surface area contributed by atoms with Crippen molar-refractivity contribution in [2.45, 2.75) is 0 Å². The maximum absolute atomic E-state index is 5.33. The summed E-state index contributed by atoms with van der Waals surface area (Å²) in [4.78, 5) is 12.4. The number of anilines is 2. The van der Waals surface area contributed by atoms with Crippen LogP contribution in [0.25, 0.3) is 0 Å². The van der Waals surface area contributed by atoms with E-state index in [2.05, 4.69) is 33.4 Å². The van der Waals surface area contributed by atoms with Gasteiger partial charge in [0.2, 0.25) is 5.95 Å². The Balaban J connectivity index is 2.21. The Bertz CT molecular complexity index is 572. The van der Waals surface area contributed by atoms with E-state index in [-0.39, 0.29) is 12.0 Å². The van der Waals surface area contributed by atoms with E-state index in [4.69, 9.17) is 9.47 Å². The third kappa shape index (κ3) is 4.61. The van der Waals surface area contributed by atoms with Crippen LogP contribution in [0.2, 0.25) is 0 Å². The van der Waals surface area contributed by atoms with E-state index in [1.807, 2.05) is 30.3 Å². The summed E-state index contributed by atoms with van der Waals surface area (Å²) in [7, 11) is 0. The zero-order chi connectivity index (χ0) is 14.9. The first-order chi connectivity index (χ1) is 10.3. The topological polar surface area (TPSA) is 69.2 Å². The first-order valence-electron chi connectivity index (χ1n) is 6.37. The minimum Gasteiger partial charge on any atom is -0.459 e. The van der Waals surface area contributed by atoms with Crippen molar-refractivity contribution >= 4 is 11.6 Å². The van der Waals surface area contributed by atoms with Crippen LogP contribution in [0.15, 0.2) is 55.6 Å². The molecule has 0 amide bonds. The first-order valence-corrected chi connectivity index (χ1v) is 6.37. The van der Waals surface area contributed by atoms with Crippen LogP contribution in [0.4, 0.5) is 11.6 Å². The molecular formula is C15H16N4O2. The molecule has 0 aliphatic heterocycles. The molecule has 0 fully saturated rings. The van der Waals surface area contributed by atoms with Gasteiger partial charge >= 0.3 is 12.0 Å². The number of hydrogen-bond donors (Lipinski definition) is 1. The third-order valence-corrected chi connectivity index (χ3v) is 2.28. The lowest BCUT2D eigenvalue weighted by molar-refractivity contribution is 0.299. The van der Waals surface area contributed by atoms with Crippen molar-refractivity contribution in [2.24, 2.45) is 0 Å². The number of benzene rings is 1. The van der Waals surface area contributed by atoms with Gasteiger partial charge in [-0.2, -0.15) is 9.97 Å². The largest absolute Gasteiger partial charge is 0.459 e. The van der Waals surface area contributed by atoms with Crippen LogP contribution in [-0.4, -0.2) is 28.2 Å². The van der Waals surface area contributed by atoms with E-state index in [1.54, 1.807) is 12.2 Å². The highest BCUT2D eigenvalue weighted by molar-refractivity contribution is 5.52. The Morgan fingerprint density at radius 3 is 2.00 bits per heavy atom. The standard InChI is InChI=1S/C15H16N4O2/c1-3-10-20-14-17-13(16-12-8-6-5-7-9-12)18-15(19-14)21-11-4-2/h3-9H,1-2,10-11H2,(H,16,17,18,19). The van der Waals surface area contributed by atoms with Crippen molar-refractivity contribution in [1.82, 2.24) is 15.0 Å². The van der Waals surface area contributed by atoms with Gasteiger partial charge in [-0.3, -0.25) is 0 Å². The summed E-state index contributed by atoms with van der Waals surface area (Å²) in [5.41, 5.74) is 0.855. The second kappa shape index (κ2) is 7.64. The molecule has 0 atom stereocenters. The number of rotatable bonds is 8. The van der Waals surface area contributed by atoms with Crippen LogP contribution < -0.4 is 14.8 Å². The third-order valence-electron chi connectivity index (χ3n) is 2.28. The summed E-state index contributed by atoms with van der Waals surface area (Å²) in [6.45, 7) is 7.77. The van der Waals surface area contributed by atoms with E-state index < -0.39 is 0 Å². The molecule has 108 valence electrons. The van der Waals surface area contributed by atoms with Crippen molar-refractivity contribution in [2.75, 3.05) is 18.5 Å². The van der Waals surface area contributed by atoms with Crippen molar-refractivity contribution in [1.29, 1.82) is 0 Å². The molecule has 0 saturated heterocycles. The molecule has 0 radical (unpaired) electrons. The SMILES string of the molecule is C=CCOc1nc(Nc2ccccc2)nc(OCC=C)n1. The molecule has 6 heteroatoms. The molecule has 2 aromatic rings. The van der Waals surface area contributed by atoms with Crippen molar-refractivity contribution < 1.29 is 9.47 Å². The van der Waals surface area contributed by atoms with Gasteiger partial charge < -0.3 is 14.8 Å². The van der Waals surface area contributed by atoms with E-state index >= 15 is 0 Å². The Kier molecular flexibility index (Phi) is 5.28. The molecule has 0 saturated carbocycles. The lowest BCUT2D eigenvalue weighted by Gasteiger charge is -2.08. The number of aromatic nitrogens is 3. The second-order valence-corrected chi connectivity index (χ2v) is 3.91. The molecular weight excluding hydrogens is 268 g/mol. The number of nitrogens with zero attached hydrogens (tertiary/aromatic N) is 3. The summed E-state index contributed by atoms with van der Waals surface area (Å²) in [6, 6.07) is 9.89. The highest BCUT2D eigenvalue weighted by Crippen LogP contribution is 2.17. The van der Waals surface area contributed by atoms with Gasteiger partial charge in [0, 0.05) is 5.69 Å². The average molecular weight is 284 g/mol. The average Bonchev–Trinajstić information content (AvgIpc) is 2.52. The van der Waals surface area contributed by atoms with Gasteiger partial charge in [-0.15, -0.1) is 4.98 Å². The van der Waals surface area contributed by atoms with Crippen LogP contribution >= 0.6 is 0 Å². The van der Waals surface area contributed by atoms with Crippen molar-refractivity contribution in [3.05, 3.63) is 55.6 Å². The molecule has 0 aliphatic carbocycles. The fraction of sp³-hybridized carbons (Fsp3) is 0.133. The molecule has 1 aromatic heterocycles. The minimum absolute atomic E-state index is 0.169. The quantitative estimate of drug-likeness (QED) is 0.752. The molecule has 0 bridgehead atoms. The highest BCUT2D eigenvalue weighted by atomic mass is 16.5. The van der Waals surface area contributed by atoms with E-state index in [9.17, 15) is 0 Å². The van der Waals surface area contributed by atoms with Gasteiger partial charge in [-0.25, -0.2) is 0 Å². The molecule has 0 unspecified atom stereocenters. The van der Waals surface area contributed by atoms with E-state index in [1.165, 1.54) is 0 Å². The van der Waals surface area contributed by atoms with Crippen LogP contribution in [-0.2, 0) is 0 Å². The van der Waals surface area contributed by atoms with Gasteiger partial charge in [-0.1, -0.05) is 43.5 Å². The predicted molar refractivity (Wildman–Crippen MR) is 80.9 cm³/mol. The maximum atomic E-state index is 5.33. The predicted octanol–water partition coefficient (Wildman–Crippen LogP) is 2.74. The number of nitrogens with one attached hydrogen (secondary N) is 1. The molecule has 21 heavy (non-hydrogen) atoms. The zero-order valence-corrected chi connectivity index (χ0v) is 11.5. The zero-order valence-electron chi connectivity index (χ0n) is 11.5. The molecule has 1 aromatic carbocycles. The van der Waals surface area contributed by atoms with Crippen LogP contribution in [0.1, 0.15) is 0 Å². The summed E-state index contributed by atoms with van der Waals surface area (Å²) < 4.78 is 10.7. The lowest BCUT2D eigenvalue weighted by Crippen LogP contribution is -2.07. The first kappa shape index (κ1) is 14.5. The molecule has 1 N–H and O–H groups in total. The summed E-state index contributed by atoms with van der Waals surface area (Å²) in [6.07, 6.45) is 3.22. The molecule has 1 heterocycles.